The van der Waals surface area contributed by atoms with E-state index in [1.807, 2.05) is 18.2 Å². The van der Waals surface area contributed by atoms with Gasteiger partial charge in [0.15, 0.2) is 0 Å². The number of non-ortho nitro benzene ring substituents is 1. The van der Waals surface area contributed by atoms with Gasteiger partial charge in [0, 0.05) is 40.1 Å². The van der Waals surface area contributed by atoms with Gasteiger partial charge >= 0.3 is 0 Å². The molecule has 0 saturated heterocycles. The molecule has 5 rings (SSSR count). The van der Waals surface area contributed by atoms with Crippen molar-refractivity contribution in [2.24, 2.45) is 5.92 Å². The summed E-state index contributed by atoms with van der Waals surface area (Å²) in [5.41, 5.74) is 2.80. The van der Waals surface area contributed by atoms with Crippen LogP contribution in [0.2, 0.25) is 5.02 Å². The molecule has 1 N–H and O–H groups in total. The lowest BCUT2D eigenvalue weighted by atomic mass is 9.77. The van der Waals surface area contributed by atoms with E-state index >= 15 is 0 Å². The lowest BCUT2D eigenvalue weighted by molar-refractivity contribution is -0.387. The van der Waals surface area contributed by atoms with Crippen LogP contribution in [0.25, 0.3) is 0 Å². The minimum Gasteiger partial charge on any atom is -0.378 e. The monoisotopic (exact) mass is 515 g/mol. The Balaban J connectivity index is 1.55. The van der Waals surface area contributed by atoms with Crippen LogP contribution in [0.15, 0.2) is 71.6 Å². The van der Waals surface area contributed by atoms with Crippen molar-refractivity contribution in [3.8, 4) is 0 Å². The number of hydrogen-bond donors (Lipinski definition) is 1. The normalized spacial score (nSPS) is 25.2. The number of halogens is 2. The molecular formula is C24H19Cl2N3O4S. The van der Waals surface area contributed by atoms with E-state index in [0.717, 1.165) is 16.8 Å². The Kier molecular flexibility index (Phi) is 6.14. The summed E-state index contributed by atoms with van der Waals surface area (Å²) in [6.45, 7) is 0. The summed E-state index contributed by atoms with van der Waals surface area (Å²) in [5, 5.41) is 26.7. The Morgan fingerprint density at radius 2 is 1.76 bits per heavy atom. The van der Waals surface area contributed by atoms with Crippen LogP contribution in [0.3, 0.4) is 0 Å². The molecule has 2 aliphatic rings. The lowest BCUT2D eigenvalue weighted by Crippen LogP contribution is -2.31. The fourth-order valence-corrected chi connectivity index (χ4v) is 7.24. The molecule has 3 aromatic carbocycles. The molecule has 0 amide bonds. The number of nitrogens with one attached hydrogen (secondary N) is 1. The first-order chi connectivity index (χ1) is 16.3. The average Bonchev–Trinajstić information content (AvgIpc) is 3.15. The third-order valence-corrected chi connectivity index (χ3v) is 8.90. The second-order valence-electron chi connectivity index (χ2n) is 8.46. The summed E-state index contributed by atoms with van der Waals surface area (Å²) >= 11 is 14.8. The Hall–Kier alpha value is -2.81. The molecule has 10 heteroatoms. The zero-order valence-corrected chi connectivity index (χ0v) is 20.0. The number of nitro groups is 2. The fourth-order valence-electron chi connectivity index (χ4n) is 5.12. The van der Waals surface area contributed by atoms with Crippen LogP contribution < -0.4 is 5.32 Å². The predicted octanol–water partition coefficient (Wildman–Crippen LogP) is 7.20. The smallest absolute Gasteiger partial charge is 0.282 e. The van der Waals surface area contributed by atoms with Gasteiger partial charge in [-0.25, -0.2) is 0 Å². The van der Waals surface area contributed by atoms with Crippen molar-refractivity contribution >= 4 is 52.0 Å². The highest BCUT2D eigenvalue weighted by atomic mass is 35.5. The molecule has 174 valence electrons. The summed E-state index contributed by atoms with van der Waals surface area (Å²) in [4.78, 5) is 22.7. The molecule has 1 aliphatic heterocycles. The highest BCUT2D eigenvalue weighted by Crippen LogP contribution is 2.58. The second kappa shape index (κ2) is 9.09. The van der Waals surface area contributed by atoms with E-state index < -0.39 is 4.92 Å². The lowest BCUT2D eigenvalue weighted by Gasteiger charge is -2.38. The third kappa shape index (κ3) is 4.10. The Labute approximate surface area is 209 Å². The molecule has 1 heterocycles. The van der Waals surface area contributed by atoms with E-state index in [-0.39, 0.29) is 44.8 Å². The van der Waals surface area contributed by atoms with E-state index in [1.54, 1.807) is 36.4 Å². The molecule has 3 aromatic rings. The number of rotatable bonds is 5. The first kappa shape index (κ1) is 23.0. The molecule has 1 aliphatic carbocycles. The molecular weight excluding hydrogens is 497 g/mol. The van der Waals surface area contributed by atoms with Gasteiger partial charge in [0.05, 0.1) is 26.2 Å². The minimum atomic E-state index is -0.399. The number of nitro benzene ring substituents is 2. The molecule has 34 heavy (non-hydrogen) atoms. The van der Waals surface area contributed by atoms with Gasteiger partial charge in [-0.05, 0) is 47.7 Å². The number of anilines is 1. The Bertz CT molecular complexity index is 1290. The number of para-hydroxylation sites is 1. The van der Waals surface area contributed by atoms with Gasteiger partial charge in [0.25, 0.3) is 11.4 Å². The Morgan fingerprint density at radius 1 is 0.971 bits per heavy atom. The topological polar surface area (TPSA) is 98.3 Å². The summed E-state index contributed by atoms with van der Waals surface area (Å²) < 4.78 is 0. The molecule has 0 radical (unpaired) electrons. The minimum absolute atomic E-state index is 0.0238. The zero-order valence-electron chi connectivity index (χ0n) is 17.6. The first-order valence-corrected chi connectivity index (χ1v) is 12.4. The van der Waals surface area contributed by atoms with Crippen molar-refractivity contribution in [3.63, 3.8) is 0 Å². The second-order valence-corrected chi connectivity index (χ2v) is 10.7. The molecule has 0 aromatic heterocycles. The number of thioether (sulfide) groups is 1. The largest absolute Gasteiger partial charge is 0.378 e. The summed E-state index contributed by atoms with van der Waals surface area (Å²) in [7, 11) is 0. The van der Waals surface area contributed by atoms with Crippen LogP contribution in [-0.4, -0.2) is 20.5 Å². The predicted molar refractivity (Wildman–Crippen MR) is 134 cm³/mol. The van der Waals surface area contributed by atoms with Crippen LogP contribution in [-0.2, 0) is 0 Å². The Morgan fingerprint density at radius 3 is 2.53 bits per heavy atom. The standard InChI is InChI=1S/C24H19Cl2N3O4S/c25-14-8-9-18-16(11-14)22-17(24(27-18)13-4-3-5-15(10-13)28(30)31)12-21(23(22)26)34-20-7-2-1-6-19(20)29(32)33/h1-11,17,21-24,27H,12H2/t17-,21-,22-,23+,24-/m0/s1. The number of fused-ring (bicyclic) bond motifs is 3. The van der Waals surface area contributed by atoms with E-state index in [0.29, 0.717) is 16.3 Å². The van der Waals surface area contributed by atoms with Gasteiger partial charge in [-0.3, -0.25) is 20.2 Å². The van der Waals surface area contributed by atoms with Crippen molar-refractivity contribution in [1.82, 2.24) is 0 Å². The van der Waals surface area contributed by atoms with Gasteiger partial charge in [0.1, 0.15) is 0 Å². The highest BCUT2D eigenvalue weighted by molar-refractivity contribution is 8.00. The molecule has 0 bridgehead atoms. The third-order valence-electron chi connectivity index (χ3n) is 6.56. The molecule has 1 saturated carbocycles. The van der Waals surface area contributed by atoms with Crippen LogP contribution in [0, 0.1) is 26.1 Å². The first-order valence-electron chi connectivity index (χ1n) is 10.7. The van der Waals surface area contributed by atoms with Gasteiger partial charge in [-0.15, -0.1) is 23.4 Å². The maximum absolute atomic E-state index is 11.5. The van der Waals surface area contributed by atoms with Gasteiger partial charge in [-0.2, -0.15) is 0 Å². The molecule has 0 spiro atoms. The van der Waals surface area contributed by atoms with E-state index in [2.05, 4.69) is 5.32 Å². The van der Waals surface area contributed by atoms with Crippen LogP contribution >= 0.6 is 35.0 Å². The number of benzene rings is 3. The highest BCUT2D eigenvalue weighted by Gasteiger charge is 2.50. The van der Waals surface area contributed by atoms with Crippen molar-refractivity contribution in [2.45, 2.75) is 33.9 Å². The zero-order chi connectivity index (χ0) is 24.0. The van der Waals surface area contributed by atoms with E-state index in [9.17, 15) is 20.2 Å². The van der Waals surface area contributed by atoms with E-state index in [4.69, 9.17) is 23.2 Å². The molecule has 7 nitrogen and oxygen atoms in total. The maximum atomic E-state index is 11.5. The quantitative estimate of drug-likeness (QED) is 0.219. The fraction of sp³-hybridized carbons (Fsp3) is 0.250. The number of hydrogen-bond acceptors (Lipinski definition) is 6. The van der Waals surface area contributed by atoms with Gasteiger partial charge in [-0.1, -0.05) is 35.9 Å². The van der Waals surface area contributed by atoms with E-state index in [1.165, 1.54) is 23.9 Å². The van der Waals surface area contributed by atoms with Crippen LogP contribution in [0.4, 0.5) is 17.1 Å². The molecule has 5 atom stereocenters. The van der Waals surface area contributed by atoms with Gasteiger partial charge < -0.3 is 5.32 Å². The summed E-state index contributed by atoms with van der Waals surface area (Å²) in [6.07, 6.45) is 0.682. The van der Waals surface area contributed by atoms with Crippen molar-refractivity contribution in [3.05, 3.63) is 103 Å². The number of nitrogens with zero attached hydrogens (tertiary/aromatic N) is 2. The molecule has 1 fully saturated rings. The van der Waals surface area contributed by atoms with Crippen LogP contribution in [0.5, 0.6) is 0 Å². The summed E-state index contributed by atoms with van der Waals surface area (Å²) in [6, 6.07) is 18.7. The average molecular weight is 516 g/mol. The summed E-state index contributed by atoms with van der Waals surface area (Å²) in [5.74, 6) is -0.0445. The number of alkyl halides is 1. The van der Waals surface area contributed by atoms with Crippen LogP contribution in [0.1, 0.15) is 29.5 Å². The molecule has 0 unspecified atom stereocenters. The van der Waals surface area contributed by atoms with Crippen molar-refractivity contribution in [1.29, 1.82) is 0 Å². The SMILES string of the molecule is O=[N+]([O-])c1cccc([C@@H]2Nc3ccc(Cl)cc3[C@@H]3[C@H](Cl)[C@@H](Sc4ccccc4[N+](=O)[O-])C[C@@H]32)c1. The van der Waals surface area contributed by atoms with Crippen molar-refractivity contribution in [2.75, 3.05) is 5.32 Å². The van der Waals surface area contributed by atoms with Gasteiger partial charge in [0.2, 0.25) is 0 Å². The maximum Gasteiger partial charge on any atom is 0.282 e. The van der Waals surface area contributed by atoms with Crippen molar-refractivity contribution < 1.29 is 9.85 Å².